The van der Waals surface area contributed by atoms with Crippen molar-refractivity contribution in [3.63, 3.8) is 0 Å². The lowest BCUT2D eigenvalue weighted by molar-refractivity contribution is 0.0691. The molecule has 0 saturated carbocycles. The Labute approximate surface area is 125 Å². The summed E-state index contributed by atoms with van der Waals surface area (Å²) < 4.78 is 12.2. The molecule has 0 aliphatic rings. The minimum Gasteiger partial charge on any atom is -0.477 e. The van der Waals surface area contributed by atoms with E-state index in [1.807, 2.05) is 33.8 Å². The molecule has 0 spiro atoms. The highest BCUT2D eigenvalue weighted by Gasteiger charge is 2.19. The third-order valence-corrected chi connectivity index (χ3v) is 2.72. The summed E-state index contributed by atoms with van der Waals surface area (Å²) in [7, 11) is 1.64. The van der Waals surface area contributed by atoms with Crippen LogP contribution < -0.4 is 4.74 Å². The number of nitrogens with zero attached hydrogens (tertiary/aromatic N) is 2. The van der Waals surface area contributed by atoms with E-state index in [1.165, 1.54) is 10.9 Å². The van der Waals surface area contributed by atoms with E-state index in [9.17, 15) is 9.90 Å². The van der Waals surface area contributed by atoms with Crippen LogP contribution in [0.3, 0.4) is 0 Å². The van der Waals surface area contributed by atoms with Crippen molar-refractivity contribution in [1.29, 1.82) is 0 Å². The second-order valence-electron chi connectivity index (χ2n) is 6.06. The molecule has 0 aliphatic carbocycles. The average molecular weight is 296 g/mol. The number of aromatic nitrogens is 2. The summed E-state index contributed by atoms with van der Waals surface area (Å²) >= 11 is 0. The van der Waals surface area contributed by atoms with Crippen molar-refractivity contribution in [3.05, 3.63) is 17.8 Å². The molecule has 0 bridgehead atoms. The number of ether oxygens (including phenoxy) is 2. The number of carboxylic acids is 1. The first-order valence-electron chi connectivity index (χ1n) is 6.88. The quantitative estimate of drug-likeness (QED) is 0.798. The Morgan fingerprint density at radius 2 is 2.19 bits per heavy atom. The Bertz CT molecular complexity index is 504. The van der Waals surface area contributed by atoms with Gasteiger partial charge < -0.3 is 14.6 Å². The number of carboxylic acid groups (broad SMARTS) is 1. The predicted molar refractivity (Wildman–Crippen MR) is 80.5 cm³/mol. The molecule has 0 saturated heterocycles. The Kier molecular flexibility index (Phi) is 5.96. The zero-order valence-corrected chi connectivity index (χ0v) is 13.3. The molecule has 118 valence electrons. The Hall–Kier alpha value is -1.82. The van der Waals surface area contributed by atoms with Crippen LogP contribution in [0.5, 0.6) is 5.88 Å². The maximum absolute atomic E-state index is 11.2. The van der Waals surface area contributed by atoms with Crippen molar-refractivity contribution in [2.24, 2.45) is 11.3 Å². The molecule has 1 rings (SSSR count). The fourth-order valence-corrected chi connectivity index (χ4v) is 1.69. The van der Waals surface area contributed by atoms with E-state index in [4.69, 9.17) is 9.47 Å². The van der Waals surface area contributed by atoms with E-state index in [1.54, 1.807) is 13.3 Å². The van der Waals surface area contributed by atoms with E-state index < -0.39 is 5.97 Å². The lowest BCUT2D eigenvalue weighted by Gasteiger charge is -2.18. The van der Waals surface area contributed by atoms with Crippen molar-refractivity contribution in [2.45, 2.75) is 27.7 Å². The molecule has 0 unspecified atom stereocenters. The lowest BCUT2D eigenvalue weighted by Crippen LogP contribution is -2.15. The highest BCUT2D eigenvalue weighted by Crippen LogP contribution is 2.22. The van der Waals surface area contributed by atoms with Crippen molar-refractivity contribution in [3.8, 4) is 5.88 Å². The molecule has 1 N–H and O–H groups in total. The Balaban J connectivity index is 3.01. The number of hydrogen-bond acceptors (Lipinski definition) is 4. The van der Waals surface area contributed by atoms with Gasteiger partial charge in [-0.3, -0.25) is 0 Å². The largest absolute Gasteiger partial charge is 0.477 e. The monoisotopic (exact) mass is 296 g/mol. The van der Waals surface area contributed by atoms with Crippen LogP contribution in [0.1, 0.15) is 38.1 Å². The Morgan fingerprint density at radius 1 is 1.52 bits per heavy atom. The molecule has 1 aromatic heterocycles. The van der Waals surface area contributed by atoms with Crippen LogP contribution in [0.4, 0.5) is 0 Å². The zero-order valence-electron chi connectivity index (χ0n) is 13.3. The van der Waals surface area contributed by atoms with Gasteiger partial charge in [-0.05, 0) is 5.92 Å². The molecule has 21 heavy (non-hydrogen) atoms. The van der Waals surface area contributed by atoms with Crippen LogP contribution in [-0.2, 0) is 4.74 Å². The molecule has 6 heteroatoms. The van der Waals surface area contributed by atoms with Crippen molar-refractivity contribution in [2.75, 3.05) is 20.3 Å². The topological polar surface area (TPSA) is 73.6 Å². The van der Waals surface area contributed by atoms with Crippen LogP contribution in [0.25, 0.3) is 6.20 Å². The van der Waals surface area contributed by atoms with Gasteiger partial charge in [0.2, 0.25) is 5.88 Å². The third kappa shape index (κ3) is 5.23. The first kappa shape index (κ1) is 17.2. The summed E-state index contributed by atoms with van der Waals surface area (Å²) in [5, 5.41) is 13.2. The van der Waals surface area contributed by atoms with E-state index in [-0.39, 0.29) is 16.9 Å². The lowest BCUT2D eigenvalue weighted by atomic mass is 9.95. The molecule has 1 heterocycles. The van der Waals surface area contributed by atoms with Crippen LogP contribution in [0.2, 0.25) is 0 Å². The number of hydrogen-bond donors (Lipinski definition) is 1. The minimum absolute atomic E-state index is 0.0600. The molecular weight excluding hydrogens is 272 g/mol. The van der Waals surface area contributed by atoms with Gasteiger partial charge in [0, 0.05) is 18.7 Å². The second kappa shape index (κ2) is 7.26. The van der Waals surface area contributed by atoms with Crippen LogP contribution in [0.15, 0.2) is 12.3 Å². The number of methoxy groups -OCH3 is 1. The van der Waals surface area contributed by atoms with Gasteiger partial charge in [-0.1, -0.05) is 33.8 Å². The summed E-state index contributed by atoms with van der Waals surface area (Å²) in [4.78, 5) is 11.2. The van der Waals surface area contributed by atoms with Gasteiger partial charge in [0.1, 0.15) is 5.56 Å². The van der Waals surface area contributed by atoms with Gasteiger partial charge in [0.15, 0.2) is 0 Å². The summed E-state index contributed by atoms with van der Waals surface area (Å²) in [5.41, 5.74) is -0.121. The van der Waals surface area contributed by atoms with Gasteiger partial charge in [-0.2, -0.15) is 5.10 Å². The standard InChI is InChI=1S/C15H24N2O4/c1-11(2)9-21-13-12(14(18)19)8-16-17(13)7-6-15(3,4)10-20-5/h6-8,11H,9-10H2,1-5H3,(H,18,19). The minimum atomic E-state index is -1.05. The van der Waals surface area contributed by atoms with Crippen molar-refractivity contribution >= 4 is 12.2 Å². The van der Waals surface area contributed by atoms with Gasteiger partial charge >= 0.3 is 5.97 Å². The maximum Gasteiger partial charge on any atom is 0.342 e. The predicted octanol–water partition coefficient (Wildman–Crippen LogP) is 2.76. The van der Waals surface area contributed by atoms with Crippen molar-refractivity contribution in [1.82, 2.24) is 9.78 Å². The smallest absolute Gasteiger partial charge is 0.342 e. The van der Waals surface area contributed by atoms with Crippen LogP contribution >= 0.6 is 0 Å². The zero-order chi connectivity index (χ0) is 16.0. The third-order valence-electron chi connectivity index (χ3n) is 2.72. The highest BCUT2D eigenvalue weighted by molar-refractivity contribution is 5.90. The van der Waals surface area contributed by atoms with Crippen LogP contribution in [-0.4, -0.2) is 41.2 Å². The van der Waals surface area contributed by atoms with Crippen molar-refractivity contribution < 1.29 is 19.4 Å². The molecule has 0 aliphatic heterocycles. The Morgan fingerprint density at radius 3 is 2.71 bits per heavy atom. The van der Waals surface area contributed by atoms with Gasteiger partial charge in [-0.25, -0.2) is 9.48 Å². The van der Waals surface area contributed by atoms with Crippen LogP contribution in [0, 0.1) is 11.3 Å². The molecule has 1 aromatic rings. The number of carbonyl (C=O) groups is 1. The molecule has 0 radical (unpaired) electrons. The van der Waals surface area contributed by atoms with Gasteiger partial charge in [0.05, 0.1) is 19.4 Å². The van der Waals surface area contributed by atoms with Gasteiger partial charge in [0.25, 0.3) is 0 Å². The fraction of sp³-hybridized carbons (Fsp3) is 0.600. The van der Waals surface area contributed by atoms with Gasteiger partial charge in [-0.15, -0.1) is 0 Å². The van der Waals surface area contributed by atoms with E-state index >= 15 is 0 Å². The SMILES string of the molecule is COCC(C)(C)C=Cn1ncc(C(=O)O)c1OCC(C)C. The maximum atomic E-state index is 11.2. The number of aromatic carboxylic acids is 1. The highest BCUT2D eigenvalue weighted by atomic mass is 16.5. The molecular formula is C15H24N2O4. The normalized spacial score (nSPS) is 12.3. The summed E-state index contributed by atoms with van der Waals surface area (Å²) in [6, 6.07) is 0. The average Bonchev–Trinajstić information content (AvgIpc) is 2.77. The fourth-order valence-electron chi connectivity index (χ4n) is 1.69. The first-order chi connectivity index (χ1) is 9.76. The molecule has 0 amide bonds. The second-order valence-corrected chi connectivity index (χ2v) is 6.06. The first-order valence-corrected chi connectivity index (χ1v) is 6.88. The molecule has 0 aromatic carbocycles. The molecule has 0 fully saturated rings. The molecule has 0 atom stereocenters. The van der Waals surface area contributed by atoms with E-state index in [2.05, 4.69) is 5.10 Å². The summed E-state index contributed by atoms with van der Waals surface area (Å²) in [6.07, 6.45) is 4.92. The molecule has 6 nitrogen and oxygen atoms in total. The summed E-state index contributed by atoms with van der Waals surface area (Å²) in [5.74, 6) is -0.505. The number of rotatable bonds is 8. The summed E-state index contributed by atoms with van der Waals surface area (Å²) in [6.45, 7) is 9.02. The van der Waals surface area contributed by atoms with E-state index in [0.717, 1.165) is 0 Å². The van der Waals surface area contributed by atoms with E-state index in [0.29, 0.717) is 19.1 Å².